The summed E-state index contributed by atoms with van der Waals surface area (Å²) in [5, 5.41) is 8.69. The highest BCUT2D eigenvalue weighted by molar-refractivity contribution is 5.66. The molecule has 1 aromatic heterocycles. The Morgan fingerprint density at radius 1 is 1.17 bits per heavy atom. The van der Waals surface area contributed by atoms with Crippen LogP contribution in [0.1, 0.15) is 59.8 Å². The van der Waals surface area contributed by atoms with Gasteiger partial charge in [0.25, 0.3) is 0 Å². The van der Waals surface area contributed by atoms with Crippen molar-refractivity contribution in [2.45, 2.75) is 52.0 Å². The molecule has 192 valence electrons. The normalized spacial score (nSPS) is 20.7. The molecule has 4 rings (SSSR count). The van der Waals surface area contributed by atoms with E-state index in [0.29, 0.717) is 6.54 Å². The van der Waals surface area contributed by atoms with Crippen LogP contribution in [0.4, 0.5) is 0 Å². The molecule has 0 radical (unpaired) electrons. The second-order valence-corrected chi connectivity index (χ2v) is 10.3. The number of aromatic nitrogens is 2. The summed E-state index contributed by atoms with van der Waals surface area (Å²) in [5.74, 6) is 0.982. The summed E-state index contributed by atoms with van der Waals surface area (Å²) in [7, 11) is 2.09. The number of benzene rings is 1. The van der Waals surface area contributed by atoms with Crippen LogP contribution < -0.4 is 11.1 Å². The van der Waals surface area contributed by atoms with Crippen LogP contribution in [0.3, 0.4) is 0 Å². The van der Waals surface area contributed by atoms with Crippen molar-refractivity contribution in [3.05, 3.63) is 89.4 Å². The summed E-state index contributed by atoms with van der Waals surface area (Å²) in [5.41, 5.74) is 15.0. The molecule has 0 spiro atoms. The van der Waals surface area contributed by atoms with Crippen molar-refractivity contribution >= 4 is 11.5 Å². The van der Waals surface area contributed by atoms with Gasteiger partial charge in [0.2, 0.25) is 0 Å². The molecule has 6 nitrogen and oxygen atoms in total. The van der Waals surface area contributed by atoms with Gasteiger partial charge in [0.15, 0.2) is 0 Å². The first-order valence-electron chi connectivity index (χ1n) is 13.1. The zero-order valence-corrected chi connectivity index (χ0v) is 22.3. The second kappa shape index (κ2) is 11.2. The molecule has 1 unspecified atom stereocenters. The quantitative estimate of drug-likeness (QED) is 0.626. The molecule has 36 heavy (non-hydrogen) atoms. The summed E-state index contributed by atoms with van der Waals surface area (Å²) in [6, 6.07) is 9.20. The number of nitrogens with zero attached hydrogens (tertiary/aromatic N) is 4. The molecule has 2 bridgehead atoms. The number of piperidine rings is 1. The van der Waals surface area contributed by atoms with E-state index in [4.69, 9.17) is 10.8 Å². The molecule has 3 N–H and O–H groups in total. The highest BCUT2D eigenvalue weighted by Gasteiger charge is 2.29. The smallest absolute Gasteiger partial charge is 0.130 e. The van der Waals surface area contributed by atoms with E-state index in [-0.39, 0.29) is 6.04 Å². The van der Waals surface area contributed by atoms with Crippen LogP contribution in [0.5, 0.6) is 0 Å². The molecule has 1 saturated heterocycles. The van der Waals surface area contributed by atoms with E-state index in [1.165, 1.54) is 29.5 Å². The average molecular weight is 487 g/mol. The lowest BCUT2D eigenvalue weighted by atomic mass is 9.93. The van der Waals surface area contributed by atoms with E-state index >= 15 is 0 Å². The Labute approximate surface area is 216 Å². The fourth-order valence-electron chi connectivity index (χ4n) is 5.25. The molecule has 2 aromatic rings. The summed E-state index contributed by atoms with van der Waals surface area (Å²) < 4.78 is 2.05. The van der Waals surface area contributed by atoms with Gasteiger partial charge in [0.1, 0.15) is 5.82 Å². The Kier molecular flexibility index (Phi) is 8.04. The lowest BCUT2D eigenvalue weighted by Crippen LogP contribution is -2.33. The van der Waals surface area contributed by atoms with Crippen molar-refractivity contribution in [2.75, 3.05) is 33.2 Å². The SMILES string of the molecule is C=C(/C=C1/N(C)CCNC(=C)CCc2ccc(C)cc2C(=C)N2CCCCC2c2cc(C)n1n2)CN. The Morgan fingerprint density at radius 2 is 1.97 bits per heavy atom. The maximum absolute atomic E-state index is 5.91. The number of fused-ring (bicyclic) bond motifs is 5. The monoisotopic (exact) mass is 486 g/mol. The van der Waals surface area contributed by atoms with Gasteiger partial charge >= 0.3 is 0 Å². The summed E-state index contributed by atoms with van der Waals surface area (Å²) >= 11 is 0. The number of hydrogen-bond donors (Lipinski definition) is 2. The first-order valence-corrected chi connectivity index (χ1v) is 13.1. The zero-order valence-electron chi connectivity index (χ0n) is 22.3. The topological polar surface area (TPSA) is 62.3 Å². The Hall–Kier alpha value is -3.25. The van der Waals surface area contributed by atoms with Crippen LogP contribution in [0, 0.1) is 13.8 Å². The molecule has 1 atom stereocenters. The first kappa shape index (κ1) is 25.8. The van der Waals surface area contributed by atoms with E-state index in [0.717, 1.165) is 73.1 Å². The van der Waals surface area contributed by atoms with E-state index in [1.54, 1.807) is 0 Å². The first-order chi connectivity index (χ1) is 17.3. The van der Waals surface area contributed by atoms with Gasteiger partial charge in [-0.3, -0.25) is 0 Å². The Morgan fingerprint density at radius 3 is 2.75 bits per heavy atom. The Balaban J connectivity index is 1.81. The third kappa shape index (κ3) is 5.59. The van der Waals surface area contributed by atoms with Gasteiger partial charge in [-0.25, -0.2) is 4.68 Å². The van der Waals surface area contributed by atoms with Crippen molar-refractivity contribution in [1.82, 2.24) is 24.9 Å². The van der Waals surface area contributed by atoms with Crippen LogP contribution in [0.2, 0.25) is 0 Å². The van der Waals surface area contributed by atoms with E-state index in [2.05, 4.69) is 86.1 Å². The molecule has 0 aliphatic carbocycles. The minimum Gasteiger partial charge on any atom is -0.387 e. The van der Waals surface area contributed by atoms with E-state index in [1.807, 2.05) is 4.68 Å². The summed E-state index contributed by atoms with van der Waals surface area (Å²) in [6.07, 6.45) is 7.31. The maximum Gasteiger partial charge on any atom is 0.130 e. The largest absolute Gasteiger partial charge is 0.387 e. The van der Waals surface area contributed by atoms with Crippen LogP contribution in [-0.4, -0.2) is 52.8 Å². The van der Waals surface area contributed by atoms with Crippen molar-refractivity contribution in [2.24, 2.45) is 5.73 Å². The number of allylic oxidation sites excluding steroid dienone is 1. The van der Waals surface area contributed by atoms with Crippen LogP contribution in [-0.2, 0) is 6.42 Å². The van der Waals surface area contributed by atoms with Gasteiger partial charge in [-0.05, 0) is 75.3 Å². The van der Waals surface area contributed by atoms with Crippen LogP contribution in [0.25, 0.3) is 11.5 Å². The fraction of sp³-hybridized carbons (Fsp3) is 0.433. The molecule has 3 heterocycles. The lowest BCUT2D eigenvalue weighted by molar-refractivity contribution is 0.225. The molecule has 1 aromatic carbocycles. The molecule has 0 saturated carbocycles. The molecule has 1 fully saturated rings. The minimum atomic E-state index is 0.202. The summed E-state index contributed by atoms with van der Waals surface area (Å²) in [4.78, 5) is 4.70. The predicted molar refractivity (Wildman–Crippen MR) is 151 cm³/mol. The number of nitrogens with two attached hydrogens (primary N) is 1. The molecular formula is C30H42N6. The molecule has 6 heteroatoms. The number of rotatable bonds is 2. The summed E-state index contributed by atoms with van der Waals surface area (Å²) in [6.45, 7) is 20.3. The number of aryl methyl sites for hydroxylation is 3. The predicted octanol–water partition coefficient (Wildman–Crippen LogP) is 4.99. The number of hydrogen-bond acceptors (Lipinski definition) is 5. The van der Waals surface area contributed by atoms with Crippen molar-refractivity contribution in [3.63, 3.8) is 0 Å². The van der Waals surface area contributed by atoms with Gasteiger partial charge in [-0.2, -0.15) is 5.10 Å². The second-order valence-electron chi connectivity index (χ2n) is 10.3. The lowest BCUT2D eigenvalue weighted by Gasteiger charge is -2.38. The van der Waals surface area contributed by atoms with Gasteiger partial charge in [-0.1, -0.05) is 37.4 Å². The average Bonchev–Trinajstić information content (AvgIpc) is 3.26. The standard InChI is InChI=1S/C30H42N6/c1-21-10-12-26-13-11-23(3)32-14-16-34(6)30(18-22(2)20-31)36-24(4)19-28(33-36)29-9-7-8-15-35(29)25(5)27(26)17-21/h10,12,17-19,29,32H,2-3,5,7-9,11,13-16,20,31H2,1,4,6H3/b30-18-. The van der Waals surface area contributed by atoms with Crippen LogP contribution >= 0.6 is 0 Å². The van der Waals surface area contributed by atoms with Gasteiger partial charge in [0.05, 0.1) is 11.7 Å². The zero-order chi connectivity index (χ0) is 25.8. The van der Waals surface area contributed by atoms with Gasteiger partial charge in [0, 0.05) is 55.9 Å². The van der Waals surface area contributed by atoms with Gasteiger partial charge < -0.3 is 20.9 Å². The molecule has 2 aliphatic heterocycles. The highest BCUT2D eigenvalue weighted by atomic mass is 15.4. The van der Waals surface area contributed by atoms with Crippen molar-refractivity contribution in [3.8, 4) is 0 Å². The maximum atomic E-state index is 5.91. The number of likely N-dealkylation sites (N-methyl/N-ethyl adjacent to an activating group) is 1. The van der Waals surface area contributed by atoms with Crippen molar-refractivity contribution in [1.29, 1.82) is 0 Å². The minimum absolute atomic E-state index is 0.202. The third-order valence-corrected chi connectivity index (χ3v) is 7.40. The van der Waals surface area contributed by atoms with Gasteiger partial charge in [-0.15, -0.1) is 0 Å². The number of nitrogens with one attached hydrogen (secondary N) is 1. The van der Waals surface area contributed by atoms with E-state index in [9.17, 15) is 0 Å². The van der Waals surface area contributed by atoms with E-state index < -0.39 is 0 Å². The fourth-order valence-corrected chi connectivity index (χ4v) is 5.25. The highest BCUT2D eigenvalue weighted by Crippen LogP contribution is 2.38. The molecule has 2 aliphatic rings. The third-order valence-electron chi connectivity index (χ3n) is 7.40. The Bertz CT molecular complexity index is 1170. The molecular weight excluding hydrogens is 444 g/mol. The van der Waals surface area contributed by atoms with Crippen molar-refractivity contribution < 1.29 is 0 Å². The molecule has 0 amide bonds. The van der Waals surface area contributed by atoms with Crippen LogP contribution in [0.15, 0.2) is 61.3 Å².